The smallest absolute Gasteiger partial charge is 0.404 e. The Labute approximate surface area is 220 Å². The van der Waals surface area contributed by atoms with E-state index in [9.17, 15) is 9.59 Å². The van der Waals surface area contributed by atoms with Crippen LogP contribution in [0.5, 0.6) is 0 Å². The summed E-state index contributed by atoms with van der Waals surface area (Å²) in [5, 5.41) is 3.20. The molecule has 6 atom stereocenters. The molecule has 4 rings (SSSR count). The molecule has 1 amide bonds. The van der Waals surface area contributed by atoms with Crippen molar-refractivity contribution in [1.29, 1.82) is 0 Å². The van der Waals surface area contributed by atoms with Gasteiger partial charge in [-0.3, -0.25) is 9.59 Å². The fourth-order valence-electron chi connectivity index (χ4n) is 7.06. The van der Waals surface area contributed by atoms with Gasteiger partial charge in [0.25, 0.3) is 0 Å². The molecule has 2 bridgehead atoms. The van der Waals surface area contributed by atoms with Gasteiger partial charge in [0, 0.05) is 19.4 Å². The lowest BCUT2D eigenvalue weighted by molar-refractivity contribution is -0.199. The fraction of sp³-hybridized carbons (Fsp3) is 0.931. The van der Waals surface area contributed by atoms with E-state index in [-0.39, 0.29) is 47.7 Å². The first-order chi connectivity index (χ1) is 17.0. The zero-order valence-corrected chi connectivity index (χ0v) is 23.9. The van der Waals surface area contributed by atoms with E-state index in [1.165, 1.54) is 38.5 Å². The maximum absolute atomic E-state index is 13.3. The lowest BCUT2D eigenvalue weighted by Gasteiger charge is -2.64. The van der Waals surface area contributed by atoms with Crippen molar-refractivity contribution in [2.45, 2.75) is 136 Å². The third-order valence-corrected chi connectivity index (χ3v) is 9.54. The van der Waals surface area contributed by atoms with Crippen molar-refractivity contribution in [3.05, 3.63) is 0 Å². The first kappa shape index (κ1) is 29.6. The Balaban J connectivity index is 1.51. The summed E-state index contributed by atoms with van der Waals surface area (Å²) in [6.07, 6.45) is 12.1. The quantitative estimate of drug-likeness (QED) is 0.215. The zero-order valence-electron chi connectivity index (χ0n) is 23.9. The summed E-state index contributed by atoms with van der Waals surface area (Å²) in [4.78, 5) is 25.9. The maximum atomic E-state index is 13.3. The number of rotatable bonds is 16. The minimum atomic E-state index is -0.497. The van der Waals surface area contributed by atoms with Gasteiger partial charge in [-0.2, -0.15) is 0 Å². The SMILES string of the molecule is CCCCCCCCCC(=O)C[C@@H](CN)C(=O)N[C@@H](CC(C)C)B1O[C@@H]2C[C@@H]3C[C@@H](C3(C)C)[C@]2(C)O1. The zero-order chi connectivity index (χ0) is 26.5. The molecule has 0 spiro atoms. The molecule has 3 aliphatic carbocycles. The van der Waals surface area contributed by atoms with Gasteiger partial charge >= 0.3 is 7.12 Å². The summed E-state index contributed by atoms with van der Waals surface area (Å²) in [6.45, 7) is 13.6. The van der Waals surface area contributed by atoms with E-state index in [1.54, 1.807) is 0 Å². The largest absolute Gasteiger partial charge is 0.481 e. The van der Waals surface area contributed by atoms with Gasteiger partial charge in [0.1, 0.15) is 5.78 Å². The number of hydrogen-bond acceptors (Lipinski definition) is 5. The van der Waals surface area contributed by atoms with Gasteiger partial charge in [0.2, 0.25) is 5.91 Å². The topological polar surface area (TPSA) is 90.7 Å². The number of unbranched alkanes of at least 4 members (excludes halogenated alkanes) is 6. The second-order valence-corrected chi connectivity index (χ2v) is 13.1. The van der Waals surface area contributed by atoms with E-state index in [1.807, 2.05) is 0 Å². The molecule has 6 nitrogen and oxygen atoms in total. The van der Waals surface area contributed by atoms with Crippen LogP contribution in [0.25, 0.3) is 0 Å². The summed E-state index contributed by atoms with van der Waals surface area (Å²) < 4.78 is 13.1. The minimum absolute atomic E-state index is 0.0831. The Hall–Kier alpha value is -0.915. The number of nitrogens with two attached hydrogens (primary N) is 1. The van der Waals surface area contributed by atoms with Gasteiger partial charge in [-0.05, 0) is 55.8 Å². The maximum Gasteiger partial charge on any atom is 0.481 e. The molecule has 3 N–H and O–H groups in total. The Bertz CT molecular complexity index is 745. The van der Waals surface area contributed by atoms with Crippen molar-refractivity contribution < 1.29 is 18.9 Å². The summed E-state index contributed by atoms with van der Waals surface area (Å²) in [5.74, 6) is 0.796. The van der Waals surface area contributed by atoms with Crippen LogP contribution in [0.1, 0.15) is 119 Å². The van der Waals surface area contributed by atoms with Gasteiger partial charge < -0.3 is 20.4 Å². The molecule has 36 heavy (non-hydrogen) atoms. The van der Waals surface area contributed by atoms with E-state index < -0.39 is 13.0 Å². The monoisotopic (exact) mass is 504 g/mol. The molecule has 0 aromatic rings. The van der Waals surface area contributed by atoms with Crippen molar-refractivity contribution in [3.63, 3.8) is 0 Å². The predicted octanol–water partition coefficient (Wildman–Crippen LogP) is 5.46. The van der Waals surface area contributed by atoms with E-state index >= 15 is 0 Å². The highest BCUT2D eigenvalue weighted by molar-refractivity contribution is 6.47. The Morgan fingerprint density at radius 1 is 1.06 bits per heavy atom. The summed E-state index contributed by atoms with van der Waals surface area (Å²) in [7, 11) is -0.455. The van der Waals surface area contributed by atoms with Gasteiger partial charge in [0.15, 0.2) is 0 Å². The first-order valence-corrected chi connectivity index (χ1v) is 14.9. The Morgan fingerprint density at radius 3 is 2.33 bits per heavy atom. The minimum Gasteiger partial charge on any atom is -0.404 e. The number of carbonyl (C=O) groups is 2. The van der Waals surface area contributed by atoms with Crippen LogP contribution in [0, 0.1) is 29.1 Å². The second-order valence-electron chi connectivity index (χ2n) is 13.1. The number of nitrogens with one attached hydrogen (secondary N) is 1. The highest BCUT2D eigenvalue weighted by Gasteiger charge is 2.68. The van der Waals surface area contributed by atoms with Crippen LogP contribution >= 0.6 is 0 Å². The normalized spacial score (nSPS) is 30.0. The highest BCUT2D eigenvalue weighted by Crippen LogP contribution is 2.65. The molecule has 1 aliphatic heterocycles. The number of carbonyl (C=O) groups excluding carboxylic acids is 2. The highest BCUT2D eigenvalue weighted by atomic mass is 16.7. The van der Waals surface area contributed by atoms with Crippen molar-refractivity contribution in [2.24, 2.45) is 34.8 Å². The van der Waals surface area contributed by atoms with Crippen LogP contribution < -0.4 is 11.1 Å². The van der Waals surface area contributed by atoms with Crippen LogP contribution in [0.2, 0.25) is 0 Å². The Morgan fingerprint density at radius 2 is 1.72 bits per heavy atom. The first-order valence-electron chi connectivity index (χ1n) is 14.9. The number of hydrogen-bond donors (Lipinski definition) is 2. The number of Topliss-reactive ketones (excluding diaryl/α,β-unsaturated/α-hetero) is 1. The third-order valence-electron chi connectivity index (χ3n) is 9.54. The fourth-order valence-corrected chi connectivity index (χ4v) is 7.06. The lowest BCUT2D eigenvalue weighted by atomic mass is 9.43. The molecule has 7 heteroatoms. The lowest BCUT2D eigenvalue weighted by Crippen LogP contribution is -2.65. The van der Waals surface area contributed by atoms with Crippen LogP contribution in [0.3, 0.4) is 0 Å². The predicted molar refractivity (Wildman–Crippen MR) is 146 cm³/mol. The van der Waals surface area contributed by atoms with Crippen LogP contribution in [-0.2, 0) is 18.9 Å². The molecule has 1 heterocycles. The average molecular weight is 505 g/mol. The van der Waals surface area contributed by atoms with Crippen LogP contribution in [-0.4, -0.2) is 43.0 Å². The molecule has 4 aliphatic rings. The molecule has 206 valence electrons. The van der Waals surface area contributed by atoms with Crippen LogP contribution in [0.15, 0.2) is 0 Å². The molecule has 0 aromatic heterocycles. The van der Waals surface area contributed by atoms with E-state index in [0.717, 1.165) is 25.7 Å². The van der Waals surface area contributed by atoms with Gasteiger partial charge in [-0.15, -0.1) is 0 Å². The second kappa shape index (κ2) is 12.8. The molecule has 1 saturated heterocycles. The third kappa shape index (κ3) is 6.74. The van der Waals surface area contributed by atoms with Crippen molar-refractivity contribution >= 4 is 18.8 Å². The number of ketones is 1. The summed E-state index contributed by atoms with van der Waals surface area (Å²) in [5.41, 5.74) is 5.95. The van der Waals surface area contributed by atoms with Crippen molar-refractivity contribution in [3.8, 4) is 0 Å². The molecule has 3 saturated carbocycles. The van der Waals surface area contributed by atoms with Gasteiger partial charge in [-0.25, -0.2) is 0 Å². The standard InChI is InChI=1S/C29H53BN2O4/c1-7-8-9-10-11-12-13-14-23(33)16-21(19-31)27(34)32-26(15-20(2)3)30-35-25-18-22-17-24(28(22,4)5)29(25,6)36-30/h20-22,24-26H,7-19,31H2,1-6H3,(H,32,34)/t21-,22-,24-,25+,26-,29-/m0/s1. The average Bonchev–Trinajstić information content (AvgIpc) is 3.18. The number of amides is 1. The molecule has 4 fully saturated rings. The molecule has 0 radical (unpaired) electrons. The molecule has 0 unspecified atom stereocenters. The van der Waals surface area contributed by atoms with Gasteiger partial charge in [-0.1, -0.05) is 73.1 Å². The van der Waals surface area contributed by atoms with Crippen molar-refractivity contribution in [2.75, 3.05) is 6.54 Å². The molecule has 0 aromatic carbocycles. The summed E-state index contributed by atoms with van der Waals surface area (Å²) >= 11 is 0. The van der Waals surface area contributed by atoms with E-state index in [4.69, 9.17) is 15.0 Å². The molecular formula is C29H53BN2O4. The van der Waals surface area contributed by atoms with Crippen LogP contribution in [0.4, 0.5) is 0 Å². The Kier molecular flexibility index (Phi) is 10.5. The van der Waals surface area contributed by atoms with Crippen molar-refractivity contribution in [1.82, 2.24) is 5.32 Å². The van der Waals surface area contributed by atoms with E-state index in [2.05, 4.69) is 46.9 Å². The van der Waals surface area contributed by atoms with Gasteiger partial charge in [0.05, 0.1) is 23.6 Å². The molecular weight excluding hydrogens is 451 g/mol. The summed E-state index contributed by atoms with van der Waals surface area (Å²) in [6, 6.07) is 0. The van der Waals surface area contributed by atoms with E-state index in [0.29, 0.717) is 24.2 Å².